The summed E-state index contributed by atoms with van der Waals surface area (Å²) < 4.78 is 6.34. The molecule has 1 N–H and O–H groups in total. The molecule has 2 aromatic heterocycles. The summed E-state index contributed by atoms with van der Waals surface area (Å²) in [5.41, 5.74) is 0.890. The molecule has 1 fully saturated rings. The van der Waals surface area contributed by atoms with Crippen LogP contribution >= 0.6 is 23.8 Å². The first kappa shape index (κ1) is 16.4. The molecule has 2 aliphatic rings. The van der Waals surface area contributed by atoms with Crippen molar-refractivity contribution in [3.05, 3.63) is 11.5 Å². The second-order valence-electron chi connectivity index (χ2n) is 6.24. The maximum atomic E-state index is 11.6. The molecule has 0 aliphatic carbocycles. The van der Waals surface area contributed by atoms with Crippen molar-refractivity contribution in [2.24, 2.45) is 0 Å². The number of hydrogen-bond donors (Lipinski definition) is 1. The SMILES string of the molecule is Cc1nsc(-c2nc(N3CCCC3=S)c3n2CCN(C(=O)O)[C@@H]3C)n1. The highest BCUT2D eigenvalue weighted by Crippen LogP contribution is 2.39. The van der Waals surface area contributed by atoms with Crippen LogP contribution in [0.2, 0.25) is 0 Å². The van der Waals surface area contributed by atoms with Crippen LogP contribution in [0, 0.1) is 6.92 Å². The van der Waals surface area contributed by atoms with Gasteiger partial charge in [-0.2, -0.15) is 4.37 Å². The van der Waals surface area contributed by atoms with Crippen LogP contribution in [0.1, 0.15) is 37.3 Å². The van der Waals surface area contributed by atoms with Crippen molar-refractivity contribution in [3.63, 3.8) is 0 Å². The molecule has 0 saturated carbocycles. The van der Waals surface area contributed by atoms with E-state index in [9.17, 15) is 9.90 Å². The van der Waals surface area contributed by atoms with Gasteiger partial charge in [-0.15, -0.1) is 0 Å². The van der Waals surface area contributed by atoms with Crippen LogP contribution in [-0.4, -0.2) is 53.1 Å². The molecule has 132 valence electrons. The average molecular weight is 378 g/mol. The zero-order valence-corrected chi connectivity index (χ0v) is 15.6. The molecule has 1 amide bonds. The van der Waals surface area contributed by atoms with Gasteiger partial charge in [0.15, 0.2) is 16.6 Å². The number of aryl methyl sites for hydroxylation is 1. The first-order valence-electron chi connectivity index (χ1n) is 8.18. The molecule has 2 aromatic rings. The van der Waals surface area contributed by atoms with Gasteiger partial charge in [0.05, 0.1) is 16.7 Å². The summed E-state index contributed by atoms with van der Waals surface area (Å²) in [6.45, 7) is 5.54. The van der Waals surface area contributed by atoms with Gasteiger partial charge in [-0.1, -0.05) is 12.2 Å². The molecule has 4 heterocycles. The van der Waals surface area contributed by atoms with Crippen molar-refractivity contribution in [1.29, 1.82) is 0 Å². The van der Waals surface area contributed by atoms with Crippen LogP contribution < -0.4 is 4.90 Å². The summed E-state index contributed by atoms with van der Waals surface area (Å²) in [6, 6.07) is -0.292. The lowest BCUT2D eigenvalue weighted by Crippen LogP contribution is -2.41. The lowest BCUT2D eigenvalue weighted by atomic mass is 10.1. The molecular formula is C15H18N6O2S2. The van der Waals surface area contributed by atoms with Crippen molar-refractivity contribution >= 4 is 40.6 Å². The molecule has 0 spiro atoms. The minimum Gasteiger partial charge on any atom is -0.465 e. The number of imidazole rings is 1. The van der Waals surface area contributed by atoms with E-state index in [0.717, 1.165) is 46.7 Å². The fourth-order valence-corrected chi connectivity index (χ4v) is 4.52. The van der Waals surface area contributed by atoms with Crippen molar-refractivity contribution in [2.75, 3.05) is 18.0 Å². The van der Waals surface area contributed by atoms with Gasteiger partial charge >= 0.3 is 6.09 Å². The van der Waals surface area contributed by atoms with Gasteiger partial charge in [0, 0.05) is 19.6 Å². The molecule has 10 heteroatoms. The number of rotatable bonds is 2. The average Bonchev–Trinajstić information content (AvgIpc) is 3.25. The monoisotopic (exact) mass is 378 g/mol. The molecule has 1 atom stereocenters. The van der Waals surface area contributed by atoms with Gasteiger partial charge in [0.25, 0.3) is 0 Å². The van der Waals surface area contributed by atoms with E-state index in [1.807, 2.05) is 18.7 Å². The van der Waals surface area contributed by atoms with Crippen LogP contribution in [0.3, 0.4) is 0 Å². The topological polar surface area (TPSA) is 87.4 Å². The summed E-state index contributed by atoms with van der Waals surface area (Å²) in [4.78, 5) is 25.3. The van der Waals surface area contributed by atoms with E-state index in [-0.39, 0.29) is 6.04 Å². The predicted molar refractivity (Wildman–Crippen MR) is 98.2 cm³/mol. The first-order chi connectivity index (χ1) is 12.0. The Labute approximate surface area is 154 Å². The maximum Gasteiger partial charge on any atom is 0.407 e. The van der Waals surface area contributed by atoms with E-state index in [4.69, 9.17) is 17.2 Å². The van der Waals surface area contributed by atoms with E-state index < -0.39 is 6.09 Å². The Morgan fingerprint density at radius 3 is 2.72 bits per heavy atom. The number of aromatic nitrogens is 4. The van der Waals surface area contributed by atoms with Crippen LogP contribution in [0.5, 0.6) is 0 Å². The highest BCUT2D eigenvalue weighted by atomic mass is 32.1. The Hall–Kier alpha value is -2.07. The molecule has 4 rings (SSSR count). The van der Waals surface area contributed by atoms with Crippen molar-refractivity contribution < 1.29 is 9.90 Å². The summed E-state index contributed by atoms with van der Waals surface area (Å²) in [6.07, 6.45) is 0.949. The second-order valence-corrected chi connectivity index (χ2v) is 7.47. The molecule has 0 aromatic carbocycles. The Balaban J connectivity index is 1.88. The van der Waals surface area contributed by atoms with Gasteiger partial charge in [0.2, 0.25) is 0 Å². The second kappa shape index (κ2) is 6.03. The van der Waals surface area contributed by atoms with E-state index in [0.29, 0.717) is 18.9 Å². The van der Waals surface area contributed by atoms with Crippen molar-refractivity contribution in [1.82, 2.24) is 23.8 Å². The van der Waals surface area contributed by atoms with Crippen LogP contribution in [-0.2, 0) is 6.54 Å². The lowest BCUT2D eigenvalue weighted by Gasteiger charge is -2.34. The molecule has 2 aliphatic heterocycles. The van der Waals surface area contributed by atoms with E-state index in [2.05, 4.69) is 13.9 Å². The number of anilines is 1. The van der Waals surface area contributed by atoms with E-state index in [1.54, 1.807) is 0 Å². The number of carboxylic acid groups (broad SMARTS) is 1. The number of amides is 1. The number of thiocarbonyl (C=S) groups is 1. The zero-order valence-electron chi connectivity index (χ0n) is 14.0. The fourth-order valence-electron chi connectivity index (χ4n) is 3.52. The van der Waals surface area contributed by atoms with E-state index >= 15 is 0 Å². The Bertz CT molecular complexity index is 860. The Kier molecular flexibility index (Phi) is 3.95. The fraction of sp³-hybridized carbons (Fsp3) is 0.533. The lowest BCUT2D eigenvalue weighted by molar-refractivity contribution is 0.115. The number of nitrogens with zero attached hydrogens (tertiary/aromatic N) is 6. The summed E-state index contributed by atoms with van der Waals surface area (Å²) >= 11 is 6.81. The first-order valence-corrected chi connectivity index (χ1v) is 9.36. The molecule has 1 saturated heterocycles. The third-order valence-electron chi connectivity index (χ3n) is 4.71. The smallest absolute Gasteiger partial charge is 0.407 e. The standard InChI is InChI=1S/C15H18N6O2S2/c1-8-11-12(20-5-3-4-10(20)24)17-13(14-16-9(2)18-25-14)21(11)7-6-19(8)15(22)23/h8H,3-7H2,1-2H3,(H,22,23)/t8-/m1/s1. The minimum atomic E-state index is -0.914. The van der Waals surface area contributed by atoms with E-state index in [1.165, 1.54) is 16.4 Å². The molecule has 0 bridgehead atoms. The highest BCUT2D eigenvalue weighted by Gasteiger charge is 2.37. The number of fused-ring (bicyclic) bond motifs is 1. The maximum absolute atomic E-state index is 11.6. The normalized spacial score (nSPS) is 20.2. The van der Waals surface area contributed by atoms with Crippen LogP contribution in [0.25, 0.3) is 10.8 Å². The highest BCUT2D eigenvalue weighted by molar-refractivity contribution is 7.80. The Morgan fingerprint density at radius 2 is 2.12 bits per heavy atom. The summed E-state index contributed by atoms with van der Waals surface area (Å²) in [5.74, 6) is 2.23. The number of hydrogen-bond acceptors (Lipinski definition) is 6. The van der Waals surface area contributed by atoms with Gasteiger partial charge < -0.3 is 14.6 Å². The quantitative estimate of drug-likeness (QED) is 0.804. The van der Waals surface area contributed by atoms with Gasteiger partial charge in [-0.3, -0.25) is 4.90 Å². The summed E-state index contributed by atoms with van der Waals surface area (Å²) in [7, 11) is 0. The molecular weight excluding hydrogens is 360 g/mol. The number of carbonyl (C=O) groups is 1. The third-order valence-corrected chi connectivity index (χ3v) is 5.94. The molecule has 8 nitrogen and oxygen atoms in total. The van der Waals surface area contributed by atoms with Crippen molar-refractivity contribution in [2.45, 2.75) is 39.3 Å². The third kappa shape index (κ3) is 2.60. The van der Waals surface area contributed by atoms with Gasteiger partial charge in [-0.05, 0) is 38.2 Å². The van der Waals surface area contributed by atoms with Crippen LogP contribution in [0.4, 0.5) is 10.6 Å². The van der Waals surface area contributed by atoms with Gasteiger partial charge in [-0.25, -0.2) is 14.8 Å². The minimum absolute atomic E-state index is 0.292. The largest absolute Gasteiger partial charge is 0.465 e. The molecule has 25 heavy (non-hydrogen) atoms. The zero-order chi connectivity index (χ0) is 17.7. The molecule has 0 unspecified atom stereocenters. The van der Waals surface area contributed by atoms with Crippen LogP contribution in [0.15, 0.2) is 0 Å². The Morgan fingerprint density at radius 1 is 1.32 bits per heavy atom. The molecule has 0 radical (unpaired) electrons. The predicted octanol–water partition coefficient (Wildman–Crippen LogP) is 2.69. The summed E-state index contributed by atoms with van der Waals surface area (Å²) in [5, 5.41) is 10.3. The van der Waals surface area contributed by atoms with Gasteiger partial charge in [0.1, 0.15) is 5.82 Å². The van der Waals surface area contributed by atoms with Crippen molar-refractivity contribution in [3.8, 4) is 10.8 Å².